The molecule has 1 aliphatic rings. The summed E-state index contributed by atoms with van der Waals surface area (Å²) in [5.74, 6) is 0. The minimum absolute atomic E-state index is 0.773. The van der Waals surface area contributed by atoms with Crippen LogP contribution in [0.2, 0.25) is 0 Å². The van der Waals surface area contributed by atoms with Gasteiger partial charge >= 0.3 is 0 Å². The van der Waals surface area contributed by atoms with E-state index in [-0.39, 0.29) is 0 Å². The molecule has 2 aromatic rings. The van der Waals surface area contributed by atoms with Gasteiger partial charge in [0.2, 0.25) is 0 Å². The van der Waals surface area contributed by atoms with Gasteiger partial charge in [-0.3, -0.25) is 4.98 Å². The monoisotopic (exact) mass is 202 g/mol. The van der Waals surface area contributed by atoms with Crippen LogP contribution in [0.5, 0.6) is 0 Å². The largest absolute Gasteiger partial charge is 0.256 e. The first-order valence-electron chi connectivity index (χ1n) is 4.20. The van der Waals surface area contributed by atoms with Gasteiger partial charge in [0.15, 0.2) is 11.0 Å². The molecule has 0 bridgehead atoms. The van der Waals surface area contributed by atoms with Crippen LogP contribution in [-0.4, -0.2) is 9.19 Å². The van der Waals surface area contributed by atoms with Crippen molar-refractivity contribution in [1.29, 1.82) is 0 Å². The maximum atomic E-state index is 11.2. The molecule has 1 aromatic heterocycles. The first-order chi connectivity index (χ1) is 6.84. The van der Waals surface area contributed by atoms with Gasteiger partial charge in [-0.1, -0.05) is 12.1 Å². The second-order valence-electron chi connectivity index (χ2n) is 3.06. The average molecular weight is 202 g/mol. The molecule has 2 heterocycles. The van der Waals surface area contributed by atoms with E-state index in [4.69, 9.17) is 0 Å². The number of nitrogens with zero attached hydrogens (tertiary/aromatic N) is 2. The second-order valence-corrected chi connectivity index (χ2v) is 4.03. The molecule has 3 nitrogen and oxygen atoms in total. The summed E-state index contributed by atoms with van der Waals surface area (Å²) in [5, 5.41) is 4.36. The van der Waals surface area contributed by atoms with Crippen molar-refractivity contribution in [3.05, 3.63) is 41.0 Å². The van der Waals surface area contributed by atoms with Crippen LogP contribution in [0.3, 0.4) is 0 Å². The number of hydrogen-bond acceptors (Lipinski definition) is 2. The highest BCUT2D eigenvalue weighted by Crippen LogP contribution is 2.04. The summed E-state index contributed by atoms with van der Waals surface area (Å²) < 4.78 is 15.2. The van der Waals surface area contributed by atoms with E-state index in [2.05, 4.69) is 9.38 Å². The van der Waals surface area contributed by atoms with E-state index in [9.17, 15) is 4.21 Å². The van der Waals surface area contributed by atoms with Gasteiger partial charge in [0.25, 0.3) is 0 Å². The molecule has 0 N–H and O–H groups in total. The van der Waals surface area contributed by atoms with Crippen molar-refractivity contribution in [2.45, 2.75) is 0 Å². The van der Waals surface area contributed by atoms with Crippen LogP contribution in [0.1, 0.15) is 0 Å². The van der Waals surface area contributed by atoms with Crippen LogP contribution in [0.25, 0.3) is 16.3 Å². The molecule has 1 aliphatic heterocycles. The Hall–Kier alpha value is -1.55. The van der Waals surface area contributed by atoms with E-state index in [1.165, 1.54) is 0 Å². The fraction of sp³-hybridized carbons (Fsp3) is 0. The van der Waals surface area contributed by atoms with Gasteiger partial charge in [0.05, 0.1) is 10.9 Å². The van der Waals surface area contributed by atoms with Crippen molar-refractivity contribution in [3.63, 3.8) is 0 Å². The molecule has 0 aliphatic carbocycles. The molecule has 1 unspecified atom stereocenters. The predicted molar refractivity (Wildman–Crippen MR) is 55.1 cm³/mol. The van der Waals surface area contributed by atoms with Gasteiger partial charge in [-0.15, -0.1) is 0 Å². The van der Waals surface area contributed by atoms with Crippen molar-refractivity contribution in [3.8, 4) is 0 Å². The summed E-state index contributed by atoms with van der Waals surface area (Å²) in [6.45, 7) is 0. The van der Waals surface area contributed by atoms with E-state index in [0.29, 0.717) is 0 Å². The summed E-state index contributed by atoms with van der Waals surface area (Å²) in [7, 11) is -1.22. The van der Waals surface area contributed by atoms with Gasteiger partial charge in [0, 0.05) is 22.2 Å². The van der Waals surface area contributed by atoms with E-state index in [1.54, 1.807) is 11.6 Å². The standard InChI is InChI=1S/C10H6N2OS/c13-14-6-8-9(12-14)4-3-7-2-1-5-11-10(7)8/h1-6H. The highest BCUT2D eigenvalue weighted by atomic mass is 32.2. The third-order valence-corrected chi connectivity index (χ3v) is 3.01. The predicted octanol–water partition coefficient (Wildman–Crippen LogP) is 0.270. The molecule has 0 amide bonds. The summed E-state index contributed by atoms with van der Waals surface area (Å²) in [6, 6.07) is 7.69. The van der Waals surface area contributed by atoms with E-state index < -0.39 is 11.0 Å². The molecule has 0 radical (unpaired) electrons. The zero-order valence-electron chi connectivity index (χ0n) is 7.18. The lowest BCUT2D eigenvalue weighted by Crippen LogP contribution is -2.22. The first kappa shape index (κ1) is 7.82. The minimum Gasteiger partial charge on any atom is -0.256 e. The average Bonchev–Trinajstić information content (AvgIpc) is 2.59. The third-order valence-electron chi connectivity index (χ3n) is 2.20. The van der Waals surface area contributed by atoms with E-state index in [1.807, 2.05) is 24.3 Å². The Balaban J connectivity index is 2.65. The van der Waals surface area contributed by atoms with Crippen molar-refractivity contribution < 1.29 is 4.21 Å². The number of aromatic nitrogens is 1. The fourth-order valence-electron chi connectivity index (χ4n) is 1.58. The topological polar surface area (TPSA) is 42.3 Å². The third kappa shape index (κ3) is 1.01. The lowest BCUT2D eigenvalue weighted by Gasteiger charge is -1.93. The molecule has 14 heavy (non-hydrogen) atoms. The van der Waals surface area contributed by atoms with E-state index in [0.717, 1.165) is 21.5 Å². The van der Waals surface area contributed by atoms with Crippen molar-refractivity contribution in [2.24, 2.45) is 4.40 Å². The Morgan fingerprint density at radius 2 is 2.14 bits per heavy atom. The smallest absolute Gasteiger partial charge is 0.166 e. The lowest BCUT2D eigenvalue weighted by molar-refractivity contribution is 0.690. The Morgan fingerprint density at radius 3 is 3.07 bits per heavy atom. The molecule has 0 fully saturated rings. The molecule has 1 aromatic carbocycles. The van der Waals surface area contributed by atoms with Crippen LogP contribution in [0.4, 0.5) is 0 Å². The van der Waals surface area contributed by atoms with Gasteiger partial charge in [-0.25, -0.2) is 4.21 Å². The van der Waals surface area contributed by atoms with Crippen LogP contribution in [0, 0.1) is 0 Å². The van der Waals surface area contributed by atoms with Gasteiger partial charge in [0.1, 0.15) is 0 Å². The Morgan fingerprint density at radius 1 is 1.21 bits per heavy atom. The van der Waals surface area contributed by atoms with Crippen molar-refractivity contribution in [2.75, 3.05) is 0 Å². The number of rotatable bonds is 0. The van der Waals surface area contributed by atoms with Crippen LogP contribution < -0.4 is 10.6 Å². The maximum absolute atomic E-state index is 11.2. The normalized spacial score (nSPS) is 18.7. The first-order valence-corrected chi connectivity index (χ1v) is 5.36. The van der Waals surface area contributed by atoms with Gasteiger partial charge < -0.3 is 0 Å². The number of hydrogen-bond donors (Lipinski definition) is 0. The minimum atomic E-state index is -1.22. The van der Waals surface area contributed by atoms with Crippen LogP contribution in [-0.2, 0) is 11.0 Å². The molecule has 0 spiro atoms. The highest BCUT2D eigenvalue weighted by molar-refractivity contribution is 7.91. The summed E-state index contributed by atoms with van der Waals surface area (Å²) >= 11 is 0. The number of fused-ring (bicyclic) bond motifs is 3. The fourth-order valence-corrected chi connectivity index (χ4v) is 2.42. The summed E-state index contributed by atoms with van der Waals surface area (Å²) in [6.07, 6.45) is 1.73. The second kappa shape index (κ2) is 2.72. The Bertz CT molecular complexity index is 663. The molecular weight excluding hydrogens is 196 g/mol. The number of benzene rings is 1. The van der Waals surface area contributed by atoms with Crippen LogP contribution in [0.15, 0.2) is 34.9 Å². The zero-order chi connectivity index (χ0) is 9.54. The molecule has 0 saturated carbocycles. The van der Waals surface area contributed by atoms with Crippen molar-refractivity contribution >= 4 is 27.3 Å². The molecule has 3 rings (SSSR count). The summed E-state index contributed by atoms with van der Waals surface area (Å²) in [5.41, 5.74) is 0.875. The van der Waals surface area contributed by atoms with Gasteiger partial charge in [-0.05, 0) is 12.1 Å². The summed E-state index contributed by atoms with van der Waals surface area (Å²) in [4.78, 5) is 4.26. The quantitative estimate of drug-likeness (QED) is 0.615. The molecule has 1 atom stereocenters. The Kier molecular flexibility index (Phi) is 1.52. The highest BCUT2D eigenvalue weighted by Gasteiger charge is 2.05. The van der Waals surface area contributed by atoms with Crippen molar-refractivity contribution in [1.82, 2.24) is 4.98 Å². The lowest BCUT2D eigenvalue weighted by atomic mass is 10.2. The maximum Gasteiger partial charge on any atom is 0.166 e. The molecular formula is C10H6N2OS. The molecule has 0 saturated heterocycles. The van der Waals surface area contributed by atoms with Gasteiger partial charge in [-0.2, -0.15) is 4.40 Å². The van der Waals surface area contributed by atoms with E-state index >= 15 is 0 Å². The zero-order valence-corrected chi connectivity index (χ0v) is 7.99. The Labute approximate surface area is 82.4 Å². The van der Waals surface area contributed by atoms with Crippen LogP contribution >= 0.6 is 0 Å². The SMILES string of the molecule is O=S1C=c2c(ccc3cccnc23)=N1. The molecule has 68 valence electrons. The number of pyridine rings is 1. The molecule has 4 heteroatoms.